The van der Waals surface area contributed by atoms with E-state index in [4.69, 9.17) is 9.88 Å². The third kappa shape index (κ3) is 8.07. The number of hydrogen-bond donors (Lipinski definition) is 2. The number of sulfonamides is 1. The standard InChI is InChI=1S/C23H30F3N3O5S3/c1-34-18-10-13-29(14-11-18)12-9-17(16-35-19-5-3-2-4-6-19)28-21-8-7-20(37(27,32)33)15-22(21)36(30,31)23(24,25)26/h2-8,15,17-18,28H,9-14,16H2,1H3,(H2,27,32,33)/t17-/m1/s1. The Bertz CT molecular complexity index is 1250. The fraction of sp³-hybridized carbons (Fsp3) is 0.478. The Morgan fingerprint density at radius 1 is 1.11 bits per heavy atom. The van der Waals surface area contributed by atoms with Crippen LogP contribution in [-0.2, 0) is 24.6 Å². The van der Waals surface area contributed by atoms with Crippen LogP contribution in [0.1, 0.15) is 19.3 Å². The van der Waals surface area contributed by atoms with Crippen LogP contribution in [0.25, 0.3) is 0 Å². The first-order chi connectivity index (χ1) is 17.3. The molecule has 1 fully saturated rings. The second-order valence-electron chi connectivity index (χ2n) is 8.68. The molecule has 0 aliphatic carbocycles. The minimum Gasteiger partial charge on any atom is -0.381 e. The molecule has 1 aliphatic rings. The van der Waals surface area contributed by atoms with Crippen LogP contribution in [0.3, 0.4) is 0 Å². The average Bonchev–Trinajstić information content (AvgIpc) is 2.85. The predicted molar refractivity (Wildman–Crippen MR) is 137 cm³/mol. The monoisotopic (exact) mass is 581 g/mol. The molecule has 1 aliphatic heterocycles. The summed E-state index contributed by atoms with van der Waals surface area (Å²) >= 11 is 1.48. The van der Waals surface area contributed by atoms with Crippen LogP contribution in [0.4, 0.5) is 18.9 Å². The third-order valence-electron chi connectivity index (χ3n) is 6.09. The number of methoxy groups -OCH3 is 1. The summed E-state index contributed by atoms with van der Waals surface area (Å²) in [5.74, 6) is 0.432. The van der Waals surface area contributed by atoms with E-state index in [0.29, 0.717) is 24.8 Å². The van der Waals surface area contributed by atoms with E-state index < -0.39 is 41.2 Å². The van der Waals surface area contributed by atoms with Gasteiger partial charge in [0.25, 0.3) is 9.84 Å². The number of ether oxygens (including phenoxy) is 1. The van der Waals surface area contributed by atoms with Gasteiger partial charge in [0.15, 0.2) is 0 Å². The highest BCUT2D eigenvalue weighted by atomic mass is 32.2. The second kappa shape index (κ2) is 12.3. The average molecular weight is 582 g/mol. The molecule has 0 unspecified atom stereocenters. The van der Waals surface area contributed by atoms with E-state index in [-0.39, 0.29) is 11.8 Å². The molecule has 1 heterocycles. The van der Waals surface area contributed by atoms with Crippen molar-refractivity contribution in [3.05, 3.63) is 48.5 Å². The summed E-state index contributed by atoms with van der Waals surface area (Å²) in [5.41, 5.74) is -5.96. The highest BCUT2D eigenvalue weighted by Gasteiger charge is 2.48. The largest absolute Gasteiger partial charge is 0.501 e. The van der Waals surface area contributed by atoms with Gasteiger partial charge in [-0.25, -0.2) is 22.0 Å². The lowest BCUT2D eigenvalue weighted by Crippen LogP contribution is -2.39. The number of sulfone groups is 1. The van der Waals surface area contributed by atoms with Gasteiger partial charge in [0.1, 0.15) is 4.90 Å². The maximum atomic E-state index is 13.5. The van der Waals surface area contributed by atoms with E-state index >= 15 is 0 Å². The molecule has 0 spiro atoms. The first kappa shape index (κ1) is 29.7. The van der Waals surface area contributed by atoms with Gasteiger partial charge < -0.3 is 15.0 Å². The summed E-state index contributed by atoms with van der Waals surface area (Å²) in [4.78, 5) is 1.27. The number of halogens is 3. The van der Waals surface area contributed by atoms with Gasteiger partial charge in [-0.3, -0.25) is 0 Å². The summed E-state index contributed by atoms with van der Waals surface area (Å²) in [5, 5.41) is 8.00. The van der Waals surface area contributed by atoms with E-state index in [1.807, 2.05) is 30.3 Å². The Balaban J connectivity index is 1.87. The number of anilines is 1. The fourth-order valence-corrected chi connectivity index (χ4v) is 6.54. The van der Waals surface area contributed by atoms with Gasteiger partial charge in [0, 0.05) is 43.4 Å². The molecule has 0 saturated carbocycles. The van der Waals surface area contributed by atoms with Crippen molar-refractivity contribution in [1.29, 1.82) is 0 Å². The van der Waals surface area contributed by atoms with Crippen LogP contribution in [0.2, 0.25) is 0 Å². The van der Waals surface area contributed by atoms with Crippen molar-refractivity contribution in [1.82, 2.24) is 4.90 Å². The fourth-order valence-electron chi connectivity index (χ4n) is 3.98. The van der Waals surface area contributed by atoms with Crippen molar-refractivity contribution < 1.29 is 34.7 Å². The number of nitrogens with zero attached hydrogens (tertiary/aromatic N) is 1. The number of thioether (sulfide) groups is 1. The topological polar surface area (TPSA) is 119 Å². The minimum absolute atomic E-state index is 0.200. The van der Waals surface area contributed by atoms with Crippen molar-refractivity contribution >= 4 is 37.3 Å². The number of benzene rings is 2. The van der Waals surface area contributed by atoms with Crippen molar-refractivity contribution in [2.45, 2.75) is 51.6 Å². The van der Waals surface area contributed by atoms with E-state index in [9.17, 15) is 30.0 Å². The highest BCUT2D eigenvalue weighted by Crippen LogP contribution is 2.36. The number of piperidine rings is 1. The van der Waals surface area contributed by atoms with Crippen molar-refractivity contribution in [2.24, 2.45) is 5.14 Å². The maximum Gasteiger partial charge on any atom is 0.501 e. The Kier molecular flexibility index (Phi) is 9.91. The Labute approximate surface area is 219 Å². The summed E-state index contributed by atoms with van der Waals surface area (Å²) in [6.45, 7) is 2.27. The summed E-state index contributed by atoms with van der Waals surface area (Å²) < 4.78 is 94.0. The number of rotatable bonds is 11. The Morgan fingerprint density at radius 3 is 2.32 bits per heavy atom. The van der Waals surface area contributed by atoms with Crippen LogP contribution in [-0.4, -0.2) is 71.9 Å². The molecule has 0 bridgehead atoms. The molecule has 206 valence electrons. The normalized spacial score (nSPS) is 17.0. The van der Waals surface area contributed by atoms with E-state index in [1.54, 1.807) is 7.11 Å². The number of hydrogen-bond acceptors (Lipinski definition) is 8. The predicted octanol–water partition coefficient (Wildman–Crippen LogP) is 3.70. The van der Waals surface area contributed by atoms with Gasteiger partial charge in [-0.05, 0) is 49.6 Å². The number of alkyl halides is 3. The number of likely N-dealkylation sites (tertiary alicyclic amines) is 1. The summed E-state index contributed by atoms with van der Waals surface area (Å²) in [7, 11) is -8.62. The maximum absolute atomic E-state index is 13.5. The minimum atomic E-state index is -5.86. The Morgan fingerprint density at radius 2 is 1.76 bits per heavy atom. The molecule has 8 nitrogen and oxygen atoms in total. The molecule has 14 heteroatoms. The van der Waals surface area contributed by atoms with Gasteiger partial charge in [-0.15, -0.1) is 11.8 Å². The number of nitrogens with two attached hydrogens (primary N) is 1. The van der Waals surface area contributed by atoms with Crippen LogP contribution in [0.5, 0.6) is 0 Å². The lowest BCUT2D eigenvalue weighted by atomic mass is 10.1. The van der Waals surface area contributed by atoms with Crippen molar-refractivity contribution in [3.63, 3.8) is 0 Å². The highest BCUT2D eigenvalue weighted by molar-refractivity contribution is 7.99. The van der Waals surface area contributed by atoms with E-state index in [0.717, 1.165) is 43.0 Å². The molecule has 3 rings (SSSR count). The van der Waals surface area contributed by atoms with E-state index in [2.05, 4.69) is 10.2 Å². The zero-order valence-electron chi connectivity index (χ0n) is 20.1. The molecule has 1 atom stereocenters. The molecule has 3 N–H and O–H groups in total. The zero-order valence-corrected chi connectivity index (χ0v) is 22.6. The quantitative estimate of drug-likeness (QED) is 0.386. The van der Waals surface area contributed by atoms with E-state index in [1.165, 1.54) is 11.8 Å². The molecule has 1 saturated heterocycles. The molecule has 0 radical (unpaired) electrons. The smallest absolute Gasteiger partial charge is 0.381 e. The van der Waals surface area contributed by atoms with Crippen LogP contribution < -0.4 is 10.5 Å². The number of primary sulfonamides is 1. The van der Waals surface area contributed by atoms with Crippen molar-refractivity contribution in [2.75, 3.05) is 37.8 Å². The lowest BCUT2D eigenvalue weighted by molar-refractivity contribution is -0.0435. The van der Waals surface area contributed by atoms with Crippen LogP contribution >= 0.6 is 11.8 Å². The molecular formula is C23H30F3N3O5S3. The first-order valence-corrected chi connectivity index (χ1v) is 15.5. The van der Waals surface area contributed by atoms with Gasteiger partial charge >= 0.3 is 5.51 Å². The third-order valence-corrected chi connectivity index (χ3v) is 9.70. The summed E-state index contributed by atoms with van der Waals surface area (Å²) in [6, 6.07) is 11.4. The SMILES string of the molecule is COC1CCN(CC[C@H](CSc2ccccc2)Nc2ccc(S(N)(=O)=O)cc2S(=O)(=O)C(F)(F)F)CC1. The molecule has 0 amide bonds. The van der Waals surface area contributed by atoms with Gasteiger partial charge in [0.05, 0.1) is 16.7 Å². The molecule has 2 aromatic rings. The van der Waals surface area contributed by atoms with Crippen molar-refractivity contribution in [3.8, 4) is 0 Å². The number of nitrogens with one attached hydrogen (secondary N) is 1. The molecule has 0 aromatic heterocycles. The zero-order chi connectivity index (χ0) is 27.3. The molecule has 2 aromatic carbocycles. The Hall–Kier alpha value is -1.84. The second-order valence-corrected chi connectivity index (χ2v) is 13.2. The van der Waals surface area contributed by atoms with Crippen LogP contribution in [0.15, 0.2) is 63.2 Å². The van der Waals surface area contributed by atoms with Gasteiger partial charge in [-0.2, -0.15) is 13.2 Å². The summed E-state index contributed by atoms with van der Waals surface area (Å²) in [6.07, 6.45) is 2.46. The lowest BCUT2D eigenvalue weighted by Gasteiger charge is -2.32. The van der Waals surface area contributed by atoms with Gasteiger partial charge in [-0.1, -0.05) is 18.2 Å². The van der Waals surface area contributed by atoms with Crippen LogP contribution in [0, 0.1) is 0 Å². The molecule has 37 heavy (non-hydrogen) atoms. The van der Waals surface area contributed by atoms with Gasteiger partial charge in [0.2, 0.25) is 10.0 Å². The first-order valence-electron chi connectivity index (χ1n) is 11.5. The molecular weight excluding hydrogens is 551 g/mol.